The van der Waals surface area contributed by atoms with Crippen LogP contribution in [-0.4, -0.2) is 40.5 Å². The van der Waals surface area contributed by atoms with Crippen LogP contribution in [0.1, 0.15) is 12.8 Å². The summed E-state index contributed by atoms with van der Waals surface area (Å²) in [4.78, 5) is 38.7. The van der Waals surface area contributed by atoms with E-state index in [1.54, 1.807) is 0 Å². The van der Waals surface area contributed by atoms with Gasteiger partial charge in [0.05, 0.1) is 6.54 Å². The third-order valence-corrected chi connectivity index (χ3v) is 2.55. The minimum Gasteiger partial charge on any atom is -0.391 e. The van der Waals surface area contributed by atoms with Gasteiger partial charge in [-0.2, -0.15) is 0 Å². The van der Waals surface area contributed by atoms with Gasteiger partial charge in [-0.05, 0) is 12.8 Å². The van der Waals surface area contributed by atoms with E-state index in [1.807, 2.05) is 0 Å². The lowest BCUT2D eigenvalue weighted by Crippen LogP contribution is -2.35. The van der Waals surface area contributed by atoms with Crippen LogP contribution in [-0.2, 0) is 18.9 Å². The van der Waals surface area contributed by atoms with E-state index in [9.17, 15) is 14.2 Å². The van der Waals surface area contributed by atoms with Gasteiger partial charge in [0.25, 0.3) is 0 Å². The van der Waals surface area contributed by atoms with E-state index in [1.165, 1.54) is 0 Å². The molecule has 9 heteroatoms. The molecule has 0 aliphatic carbocycles. The number of carbonyl (C=O) groups is 2. The van der Waals surface area contributed by atoms with Crippen LogP contribution in [0.3, 0.4) is 0 Å². The lowest BCUT2D eigenvalue weighted by molar-refractivity contribution is -0.159. The molecular formula is C7H15N2O6P. The Bertz CT molecular complexity index is 301. The van der Waals surface area contributed by atoms with Gasteiger partial charge in [-0.25, -0.2) is 4.79 Å². The number of rotatable bonds is 6. The molecular weight excluding hydrogens is 239 g/mol. The van der Waals surface area contributed by atoms with Crippen LogP contribution in [0.2, 0.25) is 0 Å². The molecule has 0 aliphatic rings. The highest BCUT2D eigenvalue weighted by atomic mass is 31.2. The number of nitrogens with two attached hydrogens (primary N) is 2. The lowest BCUT2D eigenvalue weighted by atomic mass is 10.2. The van der Waals surface area contributed by atoms with Gasteiger partial charge in [0.2, 0.25) is 0 Å². The molecule has 0 saturated carbocycles. The highest BCUT2D eigenvalue weighted by Gasteiger charge is 2.20. The third-order valence-electron chi connectivity index (χ3n) is 1.65. The molecule has 0 spiro atoms. The van der Waals surface area contributed by atoms with Gasteiger partial charge in [-0.15, -0.1) is 0 Å². The van der Waals surface area contributed by atoms with Gasteiger partial charge in [-0.3, -0.25) is 9.36 Å². The molecule has 0 bridgehead atoms. The number of ether oxygens (including phenoxy) is 1. The van der Waals surface area contributed by atoms with Crippen molar-refractivity contribution in [2.75, 3.05) is 12.7 Å². The molecule has 0 fully saturated rings. The Balaban J connectivity index is 3.89. The van der Waals surface area contributed by atoms with Crippen molar-refractivity contribution < 1.29 is 28.7 Å². The zero-order valence-corrected chi connectivity index (χ0v) is 9.43. The Morgan fingerprint density at radius 1 is 1.38 bits per heavy atom. The second-order valence-electron chi connectivity index (χ2n) is 3.13. The molecule has 0 saturated heterocycles. The molecule has 94 valence electrons. The first kappa shape index (κ1) is 15.2. The summed E-state index contributed by atoms with van der Waals surface area (Å²) in [6.45, 7) is -0.430. The number of hydrogen-bond acceptors (Lipinski definition) is 6. The standard InChI is InChI=1S/C7H15N2O6P/c8-4-6(10)15-7(11)5(9)2-1-3-16(12,13)14/h5H,1-4,8-9H2,(H2,12,13,14). The molecule has 0 radical (unpaired) electrons. The number of esters is 2. The van der Waals surface area contributed by atoms with E-state index < -0.39 is 32.1 Å². The molecule has 0 aromatic rings. The van der Waals surface area contributed by atoms with Gasteiger partial charge in [0, 0.05) is 6.16 Å². The van der Waals surface area contributed by atoms with E-state index >= 15 is 0 Å². The van der Waals surface area contributed by atoms with Crippen molar-refractivity contribution in [2.24, 2.45) is 11.5 Å². The second kappa shape index (κ2) is 6.72. The summed E-state index contributed by atoms with van der Waals surface area (Å²) in [6.07, 6.45) is -0.266. The quantitative estimate of drug-likeness (QED) is 0.248. The predicted octanol–water partition coefficient (Wildman–Crippen LogP) is -1.70. The van der Waals surface area contributed by atoms with Crippen LogP contribution in [0.4, 0.5) is 0 Å². The lowest BCUT2D eigenvalue weighted by Gasteiger charge is -2.10. The Morgan fingerprint density at radius 2 is 1.94 bits per heavy atom. The zero-order chi connectivity index (χ0) is 12.8. The topological polar surface area (TPSA) is 153 Å². The predicted molar refractivity (Wildman–Crippen MR) is 54.3 cm³/mol. The van der Waals surface area contributed by atoms with E-state index in [2.05, 4.69) is 4.74 Å². The van der Waals surface area contributed by atoms with Gasteiger partial charge in [0.1, 0.15) is 6.04 Å². The summed E-state index contributed by atoms with van der Waals surface area (Å²) in [5.74, 6) is -1.84. The first-order valence-electron chi connectivity index (χ1n) is 4.51. The molecule has 16 heavy (non-hydrogen) atoms. The summed E-state index contributed by atoms with van der Waals surface area (Å²) < 4.78 is 14.7. The van der Waals surface area contributed by atoms with Gasteiger partial charge in [0.15, 0.2) is 0 Å². The van der Waals surface area contributed by atoms with Crippen molar-refractivity contribution in [1.29, 1.82) is 0 Å². The van der Waals surface area contributed by atoms with Crippen molar-refractivity contribution in [3.63, 3.8) is 0 Å². The average molecular weight is 254 g/mol. The second-order valence-corrected chi connectivity index (χ2v) is 4.91. The minimum absolute atomic E-state index is 0.0296. The highest BCUT2D eigenvalue weighted by Crippen LogP contribution is 2.35. The van der Waals surface area contributed by atoms with E-state index in [-0.39, 0.29) is 19.0 Å². The largest absolute Gasteiger partial charge is 0.391 e. The van der Waals surface area contributed by atoms with Gasteiger partial charge >= 0.3 is 19.5 Å². The molecule has 0 aromatic carbocycles. The van der Waals surface area contributed by atoms with Crippen molar-refractivity contribution in [1.82, 2.24) is 0 Å². The Morgan fingerprint density at radius 3 is 2.38 bits per heavy atom. The fourth-order valence-electron chi connectivity index (χ4n) is 0.865. The number of carbonyl (C=O) groups excluding carboxylic acids is 2. The molecule has 0 amide bonds. The fraction of sp³-hybridized carbons (Fsp3) is 0.714. The third kappa shape index (κ3) is 7.49. The van der Waals surface area contributed by atoms with Crippen LogP contribution in [0.25, 0.3) is 0 Å². The summed E-state index contributed by atoms with van der Waals surface area (Å²) in [6, 6.07) is -1.08. The SMILES string of the molecule is NCC(=O)OC(=O)C(N)CCCP(=O)(O)O. The van der Waals surface area contributed by atoms with E-state index in [0.29, 0.717) is 0 Å². The van der Waals surface area contributed by atoms with Crippen molar-refractivity contribution in [2.45, 2.75) is 18.9 Å². The monoisotopic (exact) mass is 254 g/mol. The van der Waals surface area contributed by atoms with Gasteiger partial charge < -0.3 is 26.0 Å². The summed E-state index contributed by atoms with van der Waals surface area (Å²) in [7, 11) is -4.08. The molecule has 0 heterocycles. The number of hydrogen-bond donors (Lipinski definition) is 4. The Hall–Kier alpha value is -0.790. The van der Waals surface area contributed by atoms with Gasteiger partial charge in [-0.1, -0.05) is 0 Å². The summed E-state index contributed by atoms with van der Waals surface area (Å²) >= 11 is 0. The smallest absolute Gasteiger partial charge is 0.330 e. The maximum absolute atomic E-state index is 11.1. The molecule has 1 unspecified atom stereocenters. The summed E-state index contributed by atoms with van der Waals surface area (Å²) in [5.41, 5.74) is 10.2. The van der Waals surface area contributed by atoms with Crippen LogP contribution >= 0.6 is 7.60 Å². The van der Waals surface area contributed by atoms with Crippen molar-refractivity contribution >= 4 is 19.5 Å². The van der Waals surface area contributed by atoms with Crippen molar-refractivity contribution in [3.05, 3.63) is 0 Å². The fourth-order valence-corrected chi connectivity index (χ4v) is 1.46. The molecule has 0 aliphatic heterocycles. The summed E-state index contributed by atoms with van der Waals surface area (Å²) in [5, 5.41) is 0. The Labute approximate surface area is 92.1 Å². The first-order chi connectivity index (χ1) is 7.26. The van der Waals surface area contributed by atoms with Crippen LogP contribution < -0.4 is 11.5 Å². The highest BCUT2D eigenvalue weighted by molar-refractivity contribution is 7.51. The van der Waals surface area contributed by atoms with E-state index in [0.717, 1.165) is 0 Å². The minimum atomic E-state index is -4.08. The molecule has 6 N–H and O–H groups in total. The van der Waals surface area contributed by atoms with Crippen LogP contribution in [0.5, 0.6) is 0 Å². The zero-order valence-electron chi connectivity index (χ0n) is 8.54. The normalized spacial score (nSPS) is 13.2. The maximum Gasteiger partial charge on any atom is 0.330 e. The average Bonchev–Trinajstić information content (AvgIpc) is 2.15. The Kier molecular flexibility index (Phi) is 6.39. The molecule has 0 aromatic heterocycles. The molecule has 0 rings (SSSR count). The van der Waals surface area contributed by atoms with E-state index in [4.69, 9.17) is 21.3 Å². The van der Waals surface area contributed by atoms with Crippen molar-refractivity contribution in [3.8, 4) is 0 Å². The van der Waals surface area contributed by atoms with Crippen LogP contribution in [0, 0.1) is 0 Å². The molecule has 1 atom stereocenters. The maximum atomic E-state index is 11.1. The molecule has 8 nitrogen and oxygen atoms in total. The first-order valence-corrected chi connectivity index (χ1v) is 6.30. The van der Waals surface area contributed by atoms with Crippen LogP contribution in [0.15, 0.2) is 0 Å².